The molecule has 0 saturated heterocycles. The Hall–Kier alpha value is -0.660. The van der Waals surface area contributed by atoms with Gasteiger partial charge in [0.15, 0.2) is 5.78 Å². The molecule has 0 bridgehead atoms. The van der Waals surface area contributed by atoms with E-state index in [1.54, 1.807) is 0 Å². The van der Waals surface area contributed by atoms with E-state index >= 15 is 0 Å². The Balaban J connectivity index is 1.99. The van der Waals surface area contributed by atoms with Gasteiger partial charge in [0.25, 0.3) is 0 Å². The molecule has 2 aliphatic rings. The van der Waals surface area contributed by atoms with Crippen molar-refractivity contribution in [1.29, 1.82) is 0 Å². The molecular weight excluding hydrogens is 210 g/mol. The lowest BCUT2D eigenvalue weighted by Crippen LogP contribution is -2.32. The Bertz CT molecular complexity index is 283. The molecule has 96 valence electrons. The van der Waals surface area contributed by atoms with Gasteiger partial charge in [-0.15, -0.1) is 0 Å². The Labute approximate surface area is 105 Å². The topological polar surface area (TPSA) is 29.4 Å². The van der Waals surface area contributed by atoms with Crippen LogP contribution in [0.3, 0.4) is 0 Å². The zero-order chi connectivity index (χ0) is 12.1. The fraction of sp³-hybridized carbons (Fsp3) is 0.867. The molecule has 2 nitrogen and oxygen atoms in total. The molecule has 2 aliphatic carbocycles. The summed E-state index contributed by atoms with van der Waals surface area (Å²) in [5.41, 5.74) is 0.927. The summed E-state index contributed by atoms with van der Waals surface area (Å²) in [5.74, 6) is 1.16. The maximum absolute atomic E-state index is 12.5. The third kappa shape index (κ3) is 3.17. The van der Waals surface area contributed by atoms with Crippen LogP contribution in [-0.2, 0) is 4.79 Å². The Morgan fingerprint density at radius 3 is 1.76 bits per heavy atom. The van der Waals surface area contributed by atoms with Crippen LogP contribution in [0.15, 0.2) is 4.99 Å². The molecule has 2 fully saturated rings. The second-order valence-corrected chi connectivity index (χ2v) is 5.64. The van der Waals surface area contributed by atoms with Crippen LogP contribution in [0, 0.1) is 11.8 Å². The SMILES string of the molecule is CN=C(C(=O)C1CCCCC1)C1CCCCC1. The molecule has 0 N–H and O–H groups in total. The number of rotatable bonds is 3. The minimum absolute atomic E-state index is 0.296. The van der Waals surface area contributed by atoms with Crippen molar-refractivity contribution < 1.29 is 4.79 Å². The van der Waals surface area contributed by atoms with E-state index in [2.05, 4.69) is 4.99 Å². The molecule has 0 amide bonds. The van der Waals surface area contributed by atoms with Crippen LogP contribution in [0.5, 0.6) is 0 Å². The van der Waals surface area contributed by atoms with E-state index in [9.17, 15) is 4.79 Å². The molecule has 0 aromatic carbocycles. The Morgan fingerprint density at radius 1 is 0.824 bits per heavy atom. The van der Waals surface area contributed by atoms with Crippen molar-refractivity contribution in [3.05, 3.63) is 0 Å². The highest BCUT2D eigenvalue weighted by Gasteiger charge is 2.30. The Kier molecular flexibility index (Phi) is 4.75. The molecule has 2 rings (SSSR count). The van der Waals surface area contributed by atoms with Crippen molar-refractivity contribution in [2.24, 2.45) is 16.8 Å². The molecule has 17 heavy (non-hydrogen) atoms. The van der Waals surface area contributed by atoms with E-state index in [0.29, 0.717) is 17.6 Å². The van der Waals surface area contributed by atoms with Crippen LogP contribution < -0.4 is 0 Å². The zero-order valence-corrected chi connectivity index (χ0v) is 11.1. The average Bonchev–Trinajstić information content (AvgIpc) is 2.42. The minimum atomic E-state index is 0.296. The summed E-state index contributed by atoms with van der Waals surface area (Å²) < 4.78 is 0. The van der Waals surface area contributed by atoms with Gasteiger partial charge in [-0.05, 0) is 25.7 Å². The number of carbonyl (C=O) groups excluding carboxylic acids is 1. The van der Waals surface area contributed by atoms with Crippen molar-refractivity contribution in [1.82, 2.24) is 0 Å². The molecule has 0 heterocycles. The van der Waals surface area contributed by atoms with Crippen LogP contribution in [0.2, 0.25) is 0 Å². The van der Waals surface area contributed by atoms with Gasteiger partial charge in [-0.3, -0.25) is 9.79 Å². The first kappa shape index (κ1) is 12.8. The van der Waals surface area contributed by atoms with Crippen LogP contribution in [0.1, 0.15) is 64.2 Å². The van der Waals surface area contributed by atoms with Gasteiger partial charge in [-0.2, -0.15) is 0 Å². The fourth-order valence-corrected chi connectivity index (χ4v) is 3.44. The summed E-state index contributed by atoms with van der Waals surface area (Å²) in [6.45, 7) is 0. The number of ketones is 1. The predicted octanol–water partition coefficient (Wildman–Crippen LogP) is 3.79. The lowest BCUT2D eigenvalue weighted by Gasteiger charge is -2.26. The minimum Gasteiger partial charge on any atom is -0.293 e. The first-order chi connectivity index (χ1) is 8.33. The number of Topliss-reactive ketones (excluding diaryl/α,β-unsaturated/α-hetero) is 1. The fourth-order valence-electron chi connectivity index (χ4n) is 3.44. The number of hydrogen-bond donors (Lipinski definition) is 0. The largest absolute Gasteiger partial charge is 0.293 e. The maximum atomic E-state index is 12.5. The lowest BCUT2D eigenvalue weighted by molar-refractivity contribution is -0.117. The van der Waals surface area contributed by atoms with Gasteiger partial charge in [0.05, 0.1) is 5.71 Å². The van der Waals surface area contributed by atoms with Crippen LogP contribution in [0.4, 0.5) is 0 Å². The van der Waals surface area contributed by atoms with Crippen molar-refractivity contribution in [2.45, 2.75) is 64.2 Å². The van der Waals surface area contributed by atoms with Crippen molar-refractivity contribution >= 4 is 11.5 Å². The summed E-state index contributed by atoms with van der Waals surface area (Å²) in [4.78, 5) is 16.9. The van der Waals surface area contributed by atoms with Gasteiger partial charge in [-0.25, -0.2) is 0 Å². The van der Waals surface area contributed by atoms with Crippen molar-refractivity contribution in [2.75, 3.05) is 7.05 Å². The van der Waals surface area contributed by atoms with E-state index < -0.39 is 0 Å². The van der Waals surface area contributed by atoms with E-state index in [0.717, 1.165) is 18.6 Å². The van der Waals surface area contributed by atoms with E-state index in [1.807, 2.05) is 7.05 Å². The highest BCUT2D eigenvalue weighted by Crippen LogP contribution is 2.30. The molecular formula is C15H25NO. The van der Waals surface area contributed by atoms with Crippen LogP contribution >= 0.6 is 0 Å². The van der Waals surface area contributed by atoms with Gasteiger partial charge >= 0.3 is 0 Å². The average molecular weight is 235 g/mol. The normalized spacial score (nSPS) is 24.9. The molecule has 0 aliphatic heterocycles. The summed E-state index contributed by atoms with van der Waals surface area (Å²) in [7, 11) is 1.81. The van der Waals surface area contributed by atoms with Crippen molar-refractivity contribution in [3.8, 4) is 0 Å². The first-order valence-electron chi connectivity index (χ1n) is 7.34. The number of hydrogen-bond acceptors (Lipinski definition) is 2. The summed E-state index contributed by atoms with van der Waals surface area (Å²) >= 11 is 0. The number of nitrogens with zero attached hydrogens (tertiary/aromatic N) is 1. The van der Waals surface area contributed by atoms with Gasteiger partial charge in [-0.1, -0.05) is 38.5 Å². The molecule has 0 spiro atoms. The van der Waals surface area contributed by atoms with Gasteiger partial charge in [0, 0.05) is 18.9 Å². The van der Waals surface area contributed by atoms with Gasteiger partial charge in [0.1, 0.15) is 0 Å². The number of carbonyl (C=O) groups is 1. The van der Waals surface area contributed by atoms with E-state index in [-0.39, 0.29) is 0 Å². The Morgan fingerprint density at radius 2 is 1.29 bits per heavy atom. The highest BCUT2D eigenvalue weighted by molar-refractivity contribution is 6.41. The molecule has 2 heteroatoms. The zero-order valence-electron chi connectivity index (χ0n) is 11.1. The molecule has 0 aromatic heterocycles. The smallest absolute Gasteiger partial charge is 0.179 e. The summed E-state index contributed by atoms with van der Waals surface area (Å²) in [6.07, 6.45) is 12.3. The second kappa shape index (κ2) is 6.32. The van der Waals surface area contributed by atoms with Crippen LogP contribution in [-0.4, -0.2) is 18.5 Å². The third-order valence-corrected chi connectivity index (χ3v) is 4.46. The second-order valence-electron chi connectivity index (χ2n) is 5.64. The summed E-state index contributed by atoms with van der Waals surface area (Å²) in [5, 5.41) is 0. The van der Waals surface area contributed by atoms with Crippen molar-refractivity contribution in [3.63, 3.8) is 0 Å². The number of aliphatic imine (C=N–C) groups is 1. The van der Waals surface area contributed by atoms with E-state index in [4.69, 9.17) is 0 Å². The predicted molar refractivity (Wildman–Crippen MR) is 71.5 cm³/mol. The molecule has 0 aromatic rings. The standard InChI is InChI=1S/C15H25NO/c1-16-14(12-8-4-2-5-9-12)15(17)13-10-6-3-7-11-13/h12-13H,2-11H2,1H3. The highest BCUT2D eigenvalue weighted by atomic mass is 16.1. The molecule has 0 radical (unpaired) electrons. The van der Waals surface area contributed by atoms with E-state index in [1.165, 1.54) is 51.4 Å². The molecule has 2 saturated carbocycles. The third-order valence-electron chi connectivity index (χ3n) is 4.46. The van der Waals surface area contributed by atoms with Crippen LogP contribution in [0.25, 0.3) is 0 Å². The first-order valence-corrected chi connectivity index (χ1v) is 7.34. The lowest BCUT2D eigenvalue weighted by atomic mass is 9.78. The monoisotopic (exact) mass is 235 g/mol. The summed E-state index contributed by atoms with van der Waals surface area (Å²) in [6, 6.07) is 0. The molecule has 0 atom stereocenters. The quantitative estimate of drug-likeness (QED) is 0.684. The maximum Gasteiger partial charge on any atom is 0.179 e. The van der Waals surface area contributed by atoms with Gasteiger partial charge < -0.3 is 0 Å². The van der Waals surface area contributed by atoms with Gasteiger partial charge in [0.2, 0.25) is 0 Å². The molecule has 0 unspecified atom stereocenters.